The first kappa shape index (κ1) is 13.5. The van der Waals surface area contributed by atoms with Crippen LogP contribution in [-0.4, -0.2) is 30.7 Å². The second-order valence-corrected chi connectivity index (χ2v) is 6.20. The number of H-pyrrole nitrogens is 1. The molecule has 3 N–H and O–H groups in total. The number of hydrogen-bond acceptors (Lipinski definition) is 4. The lowest BCUT2D eigenvalue weighted by atomic mass is 10.2. The van der Waals surface area contributed by atoms with E-state index in [0.29, 0.717) is 11.3 Å². The van der Waals surface area contributed by atoms with Gasteiger partial charge in [0.1, 0.15) is 9.88 Å². The molecule has 0 aliphatic heterocycles. The lowest BCUT2D eigenvalue weighted by Crippen LogP contribution is -2.28. The second-order valence-electron chi connectivity index (χ2n) is 3.79. The predicted molar refractivity (Wildman–Crippen MR) is 76.5 cm³/mol. The van der Waals surface area contributed by atoms with Crippen LogP contribution in [0.2, 0.25) is 0 Å². The van der Waals surface area contributed by atoms with Crippen molar-refractivity contribution >= 4 is 32.9 Å². The molecule has 0 spiro atoms. The first-order valence-corrected chi connectivity index (χ1v) is 7.16. The van der Waals surface area contributed by atoms with Gasteiger partial charge < -0.3 is 5.73 Å². The van der Waals surface area contributed by atoms with Gasteiger partial charge in [-0.1, -0.05) is 24.4 Å². The number of sulfonamides is 1. The minimum atomic E-state index is -3.68. The lowest BCUT2D eigenvalue weighted by Gasteiger charge is -2.21. The summed E-state index contributed by atoms with van der Waals surface area (Å²) in [7, 11) is -2.24. The summed E-state index contributed by atoms with van der Waals surface area (Å²) in [6.45, 7) is 0. The molecule has 1 heterocycles. The van der Waals surface area contributed by atoms with Crippen LogP contribution in [0, 0.1) is 0 Å². The average molecular weight is 296 g/mol. The van der Waals surface area contributed by atoms with Gasteiger partial charge in [0.05, 0.1) is 11.9 Å². The minimum Gasteiger partial charge on any atom is -0.389 e. The molecule has 0 radical (unpaired) electrons. The molecular formula is C11H12N4O2S2. The third-order valence-corrected chi connectivity index (χ3v) is 4.60. The molecule has 8 heteroatoms. The molecule has 2 aromatic rings. The van der Waals surface area contributed by atoms with Gasteiger partial charge in [-0.15, -0.1) is 0 Å². The molecule has 6 nitrogen and oxygen atoms in total. The quantitative estimate of drug-likeness (QED) is 0.817. The van der Waals surface area contributed by atoms with E-state index in [-0.39, 0.29) is 9.88 Å². The molecule has 100 valence electrons. The number of nitrogens with two attached hydrogens (primary N) is 1. The number of benzene rings is 1. The van der Waals surface area contributed by atoms with Crippen LogP contribution in [0.15, 0.2) is 41.6 Å². The zero-order valence-corrected chi connectivity index (χ0v) is 11.7. The Balaban J connectivity index is 2.52. The van der Waals surface area contributed by atoms with Crippen molar-refractivity contribution in [2.75, 3.05) is 11.4 Å². The average Bonchev–Trinajstić information content (AvgIpc) is 2.92. The summed E-state index contributed by atoms with van der Waals surface area (Å²) in [4.78, 5) is 0.220. The SMILES string of the molecule is CN(c1ccccc1C(N)=S)S(=O)(=O)c1cn[nH]c1. The molecule has 1 aromatic carbocycles. The van der Waals surface area contributed by atoms with Crippen LogP contribution >= 0.6 is 12.2 Å². The van der Waals surface area contributed by atoms with Gasteiger partial charge in [0, 0.05) is 18.8 Å². The number of nitrogens with one attached hydrogen (secondary N) is 1. The van der Waals surface area contributed by atoms with Gasteiger partial charge in [-0.05, 0) is 12.1 Å². The highest BCUT2D eigenvalue weighted by Crippen LogP contribution is 2.24. The Labute approximate surface area is 116 Å². The summed E-state index contributed by atoms with van der Waals surface area (Å²) < 4.78 is 25.8. The van der Waals surface area contributed by atoms with Gasteiger partial charge in [0.2, 0.25) is 0 Å². The van der Waals surface area contributed by atoms with Crippen LogP contribution in [0.4, 0.5) is 5.69 Å². The van der Waals surface area contributed by atoms with Crippen LogP contribution in [-0.2, 0) is 10.0 Å². The number of rotatable bonds is 4. The van der Waals surface area contributed by atoms with E-state index in [2.05, 4.69) is 10.2 Å². The molecule has 1 aromatic heterocycles. The molecule has 0 aliphatic carbocycles. The zero-order chi connectivity index (χ0) is 14.0. The predicted octanol–water partition coefficient (Wildman–Crippen LogP) is 0.869. The topological polar surface area (TPSA) is 92.1 Å². The monoisotopic (exact) mass is 296 g/mol. The van der Waals surface area contributed by atoms with Crippen molar-refractivity contribution in [1.82, 2.24) is 10.2 Å². The van der Waals surface area contributed by atoms with Crippen molar-refractivity contribution in [3.8, 4) is 0 Å². The van der Waals surface area contributed by atoms with Gasteiger partial charge in [-0.25, -0.2) is 8.42 Å². The van der Waals surface area contributed by atoms with Gasteiger partial charge in [0.15, 0.2) is 0 Å². The summed E-state index contributed by atoms with van der Waals surface area (Å²) in [5.74, 6) is 0. The highest BCUT2D eigenvalue weighted by atomic mass is 32.2. The molecule has 0 unspecified atom stereocenters. The van der Waals surface area contributed by atoms with Crippen LogP contribution in [0.1, 0.15) is 5.56 Å². The Hall–Kier alpha value is -1.93. The molecule has 0 saturated carbocycles. The Morgan fingerprint density at radius 1 is 1.42 bits per heavy atom. The molecule has 0 bridgehead atoms. The van der Waals surface area contributed by atoms with Crippen molar-refractivity contribution in [1.29, 1.82) is 0 Å². The normalized spacial score (nSPS) is 11.2. The maximum atomic E-state index is 12.4. The molecular weight excluding hydrogens is 284 g/mol. The molecule has 2 rings (SSSR count). The number of hydrogen-bond donors (Lipinski definition) is 2. The van der Waals surface area contributed by atoms with Crippen molar-refractivity contribution in [3.63, 3.8) is 0 Å². The fraction of sp³-hybridized carbons (Fsp3) is 0.0909. The van der Waals surface area contributed by atoms with Crippen molar-refractivity contribution in [2.24, 2.45) is 5.73 Å². The number of para-hydroxylation sites is 1. The Bertz CT molecular complexity index is 695. The van der Waals surface area contributed by atoms with E-state index in [1.165, 1.54) is 19.4 Å². The third-order valence-electron chi connectivity index (χ3n) is 2.64. The number of thiocarbonyl (C=S) groups is 1. The molecule has 0 saturated heterocycles. The Morgan fingerprint density at radius 2 is 2.11 bits per heavy atom. The standard InChI is InChI=1S/C11H12N4O2S2/c1-15(19(16,17)8-6-13-14-7-8)10-5-3-2-4-9(10)11(12)18/h2-7H,1H3,(H2,12,18)(H,13,14). The van der Waals surface area contributed by atoms with E-state index in [0.717, 1.165) is 4.31 Å². The van der Waals surface area contributed by atoms with Gasteiger partial charge >= 0.3 is 0 Å². The highest BCUT2D eigenvalue weighted by molar-refractivity contribution is 7.92. The summed E-state index contributed by atoms with van der Waals surface area (Å²) in [5.41, 5.74) is 6.54. The molecule has 0 amide bonds. The Morgan fingerprint density at radius 3 is 2.68 bits per heavy atom. The van der Waals surface area contributed by atoms with E-state index in [1.807, 2.05) is 0 Å². The number of nitrogens with zero attached hydrogens (tertiary/aromatic N) is 2. The maximum absolute atomic E-state index is 12.4. The molecule has 0 aliphatic rings. The van der Waals surface area contributed by atoms with E-state index < -0.39 is 10.0 Å². The summed E-state index contributed by atoms with van der Waals surface area (Å²) >= 11 is 4.93. The second kappa shape index (κ2) is 4.98. The fourth-order valence-electron chi connectivity index (χ4n) is 1.62. The molecule has 0 atom stereocenters. The van der Waals surface area contributed by atoms with E-state index in [1.54, 1.807) is 24.3 Å². The van der Waals surface area contributed by atoms with Crippen LogP contribution in [0.3, 0.4) is 0 Å². The third kappa shape index (κ3) is 2.45. The first-order chi connectivity index (χ1) is 8.94. The van der Waals surface area contributed by atoms with Crippen molar-refractivity contribution < 1.29 is 8.42 Å². The smallest absolute Gasteiger partial charge is 0.267 e. The van der Waals surface area contributed by atoms with E-state index in [9.17, 15) is 8.42 Å². The molecule has 19 heavy (non-hydrogen) atoms. The number of aromatic nitrogens is 2. The van der Waals surface area contributed by atoms with Gasteiger partial charge in [0.25, 0.3) is 10.0 Å². The Kier molecular flexibility index (Phi) is 3.54. The largest absolute Gasteiger partial charge is 0.389 e. The van der Waals surface area contributed by atoms with Crippen LogP contribution in [0.25, 0.3) is 0 Å². The van der Waals surface area contributed by atoms with E-state index >= 15 is 0 Å². The fourth-order valence-corrected chi connectivity index (χ4v) is 2.92. The van der Waals surface area contributed by atoms with E-state index in [4.69, 9.17) is 18.0 Å². The maximum Gasteiger partial charge on any atom is 0.267 e. The van der Waals surface area contributed by atoms with Crippen molar-refractivity contribution in [3.05, 3.63) is 42.2 Å². The van der Waals surface area contributed by atoms with Gasteiger partial charge in [-0.2, -0.15) is 5.10 Å². The van der Waals surface area contributed by atoms with Crippen LogP contribution < -0.4 is 10.0 Å². The number of aromatic amines is 1. The summed E-state index contributed by atoms with van der Waals surface area (Å²) in [5, 5.41) is 6.11. The highest BCUT2D eigenvalue weighted by Gasteiger charge is 2.24. The minimum absolute atomic E-state index is 0.0766. The van der Waals surface area contributed by atoms with Crippen molar-refractivity contribution in [2.45, 2.75) is 4.90 Å². The van der Waals surface area contributed by atoms with Gasteiger partial charge in [-0.3, -0.25) is 9.40 Å². The summed E-state index contributed by atoms with van der Waals surface area (Å²) in [6, 6.07) is 6.79. The zero-order valence-electron chi connectivity index (χ0n) is 10.1. The molecule has 0 fully saturated rings. The first-order valence-electron chi connectivity index (χ1n) is 5.31. The lowest BCUT2D eigenvalue weighted by molar-refractivity contribution is 0.594. The van der Waals surface area contributed by atoms with Crippen LogP contribution in [0.5, 0.6) is 0 Å². The summed E-state index contributed by atoms with van der Waals surface area (Å²) in [6.07, 6.45) is 2.56. The number of anilines is 1.